The van der Waals surface area contributed by atoms with Crippen molar-refractivity contribution in [2.45, 2.75) is 18.5 Å². The van der Waals surface area contributed by atoms with Gasteiger partial charge in [0.2, 0.25) is 11.8 Å². The van der Waals surface area contributed by atoms with Gasteiger partial charge in [0.15, 0.2) is 0 Å². The lowest BCUT2D eigenvalue weighted by atomic mass is 9.86. The van der Waals surface area contributed by atoms with E-state index >= 15 is 0 Å². The van der Waals surface area contributed by atoms with Crippen molar-refractivity contribution in [3.63, 3.8) is 0 Å². The Morgan fingerprint density at radius 3 is 2.72 bits per heavy atom. The molecule has 32 heavy (non-hydrogen) atoms. The zero-order valence-corrected chi connectivity index (χ0v) is 18.1. The van der Waals surface area contributed by atoms with Crippen LogP contribution in [0.5, 0.6) is 11.5 Å². The van der Waals surface area contributed by atoms with Crippen LogP contribution >= 0.6 is 0 Å². The van der Waals surface area contributed by atoms with Crippen LogP contribution in [-0.4, -0.2) is 59.9 Å². The van der Waals surface area contributed by atoms with E-state index in [2.05, 4.69) is 17.6 Å². The topological polar surface area (TPSA) is 74.9 Å². The fourth-order valence-corrected chi connectivity index (χ4v) is 5.00. The second kappa shape index (κ2) is 7.75. The molecular weight excluding hydrogens is 406 g/mol. The quantitative estimate of drug-likeness (QED) is 0.630. The Morgan fingerprint density at radius 2 is 1.97 bits per heavy atom. The highest BCUT2D eigenvalue weighted by Gasteiger charge is 2.48. The number of hydrogen-bond acceptors (Lipinski definition) is 4. The number of amides is 2. The van der Waals surface area contributed by atoms with Gasteiger partial charge in [0.05, 0.1) is 14.2 Å². The summed E-state index contributed by atoms with van der Waals surface area (Å²) in [6.07, 6.45) is 2.12. The highest BCUT2D eigenvalue weighted by Crippen LogP contribution is 2.45. The molecule has 0 saturated carbocycles. The van der Waals surface area contributed by atoms with E-state index in [0.717, 1.165) is 27.7 Å². The first kappa shape index (κ1) is 20.2. The number of piperazine rings is 1. The van der Waals surface area contributed by atoms with E-state index in [4.69, 9.17) is 9.47 Å². The molecule has 7 nitrogen and oxygen atoms in total. The number of ether oxygens (including phenoxy) is 2. The van der Waals surface area contributed by atoms with Gasteiger partial charge in [-0.3, -0.25) is 9.59 Å². The lowest BCUT2D eigenvalue weighted by Crippen LogP contribution is -2.63. The zero-order valence-electron chi connectivity index (χ0n) is 18.1. The molecule has 5 rings (SSSR count). The largest absolute Gasteiger partial charge is 0.497 e. The molecule has 7 heteroatoms. The monoisotopic (exact) mass is 431 g/mol. The summed E-state index contributed by atoms with van der Waals surface area (Å²) >= 11 is 0. The van der Waals surface area contributed by atoms with Crippen molar-refractivity contribution in [1.82, 2.24) is 14.8 Å². The summed E-state index contributed by atoms with van der Waals surface area (Å²) in [5, 5.41) is 1.07. The first-order valence-corrected chi connectivity index (χ1v) is 10.6. The molecule has 1 saturated heterocycles. The number of aromatic nitrogens is 1. The molecule has 164 valence electrons. The first-order chi connectivity index (χ1) is 15.6. The lowest BCUT2D eigenvalue weighted by molar-refractivity contribution is -0.158. The van der Waals surface area contributed by atoms with Crippen LogP contribution < -0.4 is 9.47 Å². The minimum atomic E-state index is -0.584. The van der Waals surface area contributed by atoms with Gasteiger partial charge in [-0.15, -0.1) is 6.58 Å². The van der Waals surface area contributed by atoms with Crippen molar-refractivity contribution in [3.8, 4) is 11.5 Å². The molecule has 0 spiro atoms. The molecule has 2 atom stereocenters. The molecule has 0 radical (unpaired) electrons. The Morgan fingerprint density at radius 1 is 1.16 bits per heavy atom. The van der Waals surface area contributed by atoms with Crippen LogP contribution in [0.15, 0.2) is 55.1 Å². The minimum Gasteiger partial charge on any atom is -0.497 e. The Bertz CT molecular complexity index is 1230. The minimum absolute atomic E-state index is 0.0336. The number of hydrogen-bond donors (Lipinski definition) is 1. The van der Waals surface area contributed by atoms with E-state index in [1.807, 2.05) is 36.4 Å². The summed E-state index contributed by atoms with van der Waals surface area (Å²) in [5.41, 5.74) is 3.78. The van der Waals surface area contributed by atoms with Gasteiger partial charge in [-0.1, -0.05) is 24.3 Å². The highest BCUT2D eigenvalue weighted by atomic mass is 16.5. The second-order valence-corrected chi connectivity index (χ2v) is 8.10. The number of rotatable bonds is 5. The highest BCUT2D eigenvalue weighted by molar-refractivity contribution is 5.97. The average molecular weight is 431 g/mol. The van der Waals surface area contributed by atoms with Gasteiger partial charge in [-0.25, -0.2) is 0 Å². The number of benzene rings is 2. The maximum absolute atomic E-state index is 13.4. The molecule has 3 heterocycles. The molecule has 1 fully saturated rings. The SMILES string of the molecule is C=CCN1CC(=O)N2[C@H](c3ccc(OC)cc3OC)c3[nH]c4ccccc4c3C[C@H]2C1=O. The van der Waals surface area contributed by atoms with Gasteiger partial charge in [0, 0.05) is 41.2 Å². The van der Waals surface area contributed by atoms with Crippen LogP contribution in [0.2, 0.25) is 0 Å². The number of aromatic amines is 1. The van der Waals surface area contributed by atoms with Crippen molar-refractivity contribution >= 4 is 22.7 Å². The summed E-state index contributed by atoms with van der Waals surface area (Å²) in [6.45, 7) is 4.12. The number of carbonyl (C=O) groups is 2. The number of carbonyl (C=O) groups excluding carboxylic acids is 2. The third-order valence-corrected chi connectivity index (χ3v) is 6.43. The Labute approximate surface area is 186 Å². The molecule has 2 amide bonds. The normalized spacial score (nSPS) is 20.2. The van der Waals surface area contributed by atoms with E-state index in [0.29, 0.717) is 24.5 Å². The molecule has 0 unspecified atom stereocenters. The van der Waals surface area contributed by atoms with Crippen LogP contribution in [-0.2, 0) is 16.0 Å². The first-order valence-electron chi connectivity index (χ1n) is 10.6. The van der Waals surface area contributed by atoms with Gasteiger partial charge < -0.3 is 24.3 Å². The second-order valence-electron chi connectivity index (χ2n) is 8.10. The van der Waals surface area contributed by atoms with Gasteiger partial charge in [-0.2, -0.15) is 0 Å². The predicted octanol–water partition coefficient (Wildman–Crippen LogP) is 3.06. The van der Waals surface area contributed by atoms with Crippen molar-refractivity contribution in [1.29, 1.82) is 0 Å². The summed E-state index contributed by atoms with van der Waals surface area (Å²) < 4.78 is 11.1. The standard InChI is InChI=1S/C25H25N3O4/c1-4-11-27-14-22(29)28-20(25(27)30)13-18-16-7-5-6-8-19(16)26-23(18)24(28)17-10-9-15(31-2)12-21(17)32-3/h4-10,12,20,24,26H,1,11,13-14H2,2-3H3/t20-,24+/m0/s1. The number of H-pyrrole nitrogens is 1. The number of para-hydroxylation sites is 1. The lowest BCUT2D eigenvalue weighted by Gasteiger charge is -2.47. The Balaban J connectivity index is 1.74. The van der Waals surface area contributed by atoms with Gasteiger partial charge in [0.1, 0.15) is 30.1 Å². The molecule has 1 N–H and O–H groups in total. The van der Waals surface area contributed by atoms with Gasteiger partial charge in [0.25, 0.3) is 0 Å². The third-order valence-electron chi connectivity index (χ3n) is 6.43. The van der Waals surface area contributed by atoms with E-state index < -0.39 is 12.1 Å². The smallest absolute Gasteiger partial charge is 0.246 e. The van der Waals surface area contributed by atoms with Crippen molar-refractivity contribution in [2.24, 2.45) is 0 Å². The molecular formula is C25H25N3O4. The van der Waals surface area contributed by atoms with Crippen LogP contribution in [0.1, 0.15) is 22.9 Å². The van der Waals surface area contributed by atoms with Crippen LogP contribution in [0.4, 0.5) is 0 Å². The molecule has 0 aliphatic carbocycles. The van der Waals surface area contributed by atoms with Crippen molar-refractivity contribution in [3.05, 3.63) is 71.9 Å². The fraction of sp³-hybridized carbons (Fsp3) is 0.280. The van der Waals surface area contributed by atoms with Crippen molar-refractivity contribution in [2.75, 3.05) is 27.3 Å². The number of nitrogens with zero attached hydrogens (tertiary/aromatic N) is 2. The predicted molar refractivity (Wildman–Crippen MR) is 121 cm³/mol. The number of nitrogens with one attached hydrogen (secondary N) is 1. The summed E-state index contributed by atoms with van der Waals surface area (Å²) in [4.78, 5) is 33.7. The summed E-state index contributed by atoms with van der Waals surface area (Å²) in [7, 11) is 3.20. The number of fused-ring (bicyclic) bond motifs is 4. The Hall–Kier alpha value is -3.74. The molecule has 3 aromatic rings. The maximum atomic E-state index is 13.4. The van der Waals surface area contributed by atoms with Crippen LogP contribution in [0, 0.1) is 0 Å². The molecule has 0 bridgehead atoms. The van der Waals surface area contributed by atoms with Gasteiger partial charge >= 0.3 is 0 Å². The van der Waals surface area contributed by atoms with E-state index in [9.17, 15) is 9.59 Å². The zero-order chi connectivity index (χ0) is 22.4. The fourth-order valence-electron chi connectivity index (χ4n) is 5.00. The van der Waals surface area contributed by atoms with Crippen LogP contribution in [0.3, 0.4) is 0 Å². The molecule has 2 aliphatic heterocycles. The van der Waals surface area contributed by atoms with E-state index in [1.165, 1.54) is 0 Å². The molecule has 1 aromatic heterocycles. The Kier molecular flexibility index (Phi) is 4.89. The number of methoxy groups -OCH3 is 2. The van der Waals surface area contributed by atoms with Crippen molar-refractivity contribution < 1.29 is 19.1 Å². The third kappa shape index (κ3) is 2.96. The average Bonchev–Trinajstić information content (AvgIpc) is 3.19. The molecule has 2 aliphatic rings. The van der Waals surface area contributed by atoms with Gasteiger partial charge in [-0.05, 0) is 23.8 Å². The van der Waals surface area contributed by atoms with E-state index in [1.54, 1.807) is 30.1 Å². The van der Waals surface area contributed by atoms with E-state index in [-0.39, 0.29) is 18.4 Å². The summed E-state index contributed by atoms with van der Waals surface area (Å²) in [6, 6.07) is 12.5. The van der Waals surface area contributed by atoms with Crippen LogP contribution in [0.25, 0.3) is 10.9 Å². The maximum Gasteiger partial charge on any atom is 0.246 e. The molecule has 2 aromatic carbocycles. The summed E-state index contributed by atoms with van der Waals surface area (Å²) in [5.74, 6) is 1.11.